The third-order valence-corrected chi connectivity index (χ3v) is 2.09. The molecule has 0 N–H and O–H groups in total. The Morgan fingerprint density at radius 1 is 1.12 bits per heavy atom. The van der Waals surface area contributed by atoms with Crippen molar-refractivity contribution in [3.8, 4) is 5.75 Å². The first-order valence-electron chi connectivity index (χ1n) is 5.46. The topological polar surface area (TPSA) is 22.1 Å². The molecule has 0 amide bonds. The summed E-state index contributed by atoms with van der Waals surface area (Å²) in [6, 6.07) is 2.29. The van der Waals surface area contributed by atoms with E-state index in [1.807, 2.05) is 13.8 Å². The average Bonchev–Trinajstić information content (AvgIpc) is 2.15. The van der Waals surface area contributed by atoms with Crippen molar-refractivity contribution >= 4 is 0 Å². The molecule has 1 rings (SSSR count). The molecule has 2 nitrogen and oxygen atoms in total. The number of pyridine rings is 1. The lowest BCUT2D eigenvalue weighted by Crippen LogP contribution is -2.13. The van der Waals surface area contributed by atoms with Crippen molar-refractivity contribution in [1.82, 2.24) is 4.98 Å². The van der Waals surface area contributed by atoms with Gasteiger partial charge >= 0.3 is 6.18 Å². The zero-order valence-electron chi connectivity index (χ0n) is 10.3. The van der Waals surface area contributed by atoms with E-state index in [-0.39, 0.29) is 12.0 Å². The molecule has 96 valence electrons. The number of halogens is 3. The van der Waals surface area contributed by atoms with Gasteiger partial charge in [0.1, 0.15) is 11.4 Å². The fourth-order valence-corrected chi connectivity index (χ4v) is 1.39. The molecule has 0 aliphatic carbocycles. The zero-order valence-corrected chi connectivity index (χ0v) is 10.3. The highest BCUT2D eigenvalue weighted by atomic mass is 19.4. The molecule has 1 aromatic rings. The average molecular weight is 247 g/mol. The first kappa shape index (κ1) is 13.8. The second-order valence-electron chi connectivity index (χ2n) is 4.40. The normalized spacial score (nSPS) is 12.3. The molecule has 0 unspecified atom stereocenters. The standard InChI is InChI=1S/C12H16F3NO/c1-7(2)11-9(17-8(3)4)5-6-10(16-11)12(13,14)15/h5-8H,1-4H3. The van der Waals surface area contributed by atoms with E-state index in [4.69, 9.17) is 4.74 Å². The van der Waals surface area contributed by atoms with E-state index in [0.717, 1.165) is 6.07 Å². The van der Waals surface area contributed by atoms with Gasteiger partial charge in [0.2, 0.25) is 0 Å². The van der Waals surface area contributed by atoms with Crippen molar-refractivity contribution in [3.63, 3.8) is 0 Å². The summed E-state index contributed by atoms with van der Waals surface area (Å²) in [5.41, 5.74) is -0.536. The number of hydrogen-bond acceptors (Lipinski definition) is 2. The van der Waals surface area contributed by atoms with Crippen molar-refractivity contribution in [1.29, 1.82) is 0 Å². The van der Waals surface area contributed by atoms with Crippen LogP contribution in [0.3, 0.4) is 0 Å². The van der Waals surface area contributed by atoms with Crippen LogP contribution in [0.5, 0.6) is 5.75 Å². The molecule has 0 spiro atoms. The van der Waals surface area contributed by atoms with E-state index in [9.17, 15) is 13.2 Å². The highest BCUT2D eigenvalue weighted by Crippen LogP contribution is 2.32. The van der Waals surface area contributed by atoms with Crippen LogP contribution in [0, 0.1) is 0 Å². The van der Waals surface area contributed by atoms with Crippen LogP contribution in [0.1, 0.15) is 45.0 Å². The van der Waals surface area contributed by atoms with Gasteiger partial charge in [-0.15, -0.1) is 0 Å². The van der Waals surface area contributed by atoms with E-state index in [0.29, 0.717) is 11.4 Å². The number of aromatic nitrogens is 1. The fourth-order valence-electron chi connectivity index (χ4n) is 1.39. The van der Waals surface area contributed by atoms with Crippen LogP contribution in [-0.2, 0) is 6.18 Å². The lowest BCUT2D eigenvalue weighted by molar-refractivity contribution is -0.141. The minimum Gasteiger partial charge on any atom is -0.489 e. The van der Waals surface area contributed by atoms with Gasteiger partial charge < -0.3 is 4.74 Å². The molecule has 0 saturated heterocycles. The monoisotopic (exact) mass is 247 g/mol. The van der Waals surface area contributed by atoms with Crippen molar-refractivity contribution in [2.24, 2.45) is 0 Å². The number of nitrogens with zero attached hydrogens (tertiary/aromatic N) is 1. The molecule has 0 aliphatic rings. The van der Waals surface area contributed by atoms with Crippen LogP contribution in [0.15, 0.2) is 12.1 Å². The van der Waals surface area contributed by atoms with Gasteiger partial charge in [0.05, 0.1) is 11.8 Å². The van der Waals surface area contributed by atoms with Gasteiger partial charge in [0, 0.05) is 0 Å². The van der Waals surface area contributed by atoms with Gasteiger partial charge in [-0.25, -0.2) is 4.98 Å². The van der Waals surface area contributed by atoms with E-state index >= 15 is 0 Å². The third-order valence-electron chi connectivity index (χ3n) is 2.09. The number of alkyl halides is 3. The maximum Gasteiger partial charge on any atom is 0.433 e. The number of rotatable bonds is 3. The molecule has 0 fully saturated rings. The van der Waals surface area contributed by atoms with Crippen LogP contribution in [0.4, 0.5) is 13.2 Å². The molecule has 0 saturated carbocycles. The molecular weight excluding hydrogens is 231 g/mol. The van der Waals surface area contributed by atoms with Gasteiger partial charge in [0.15, 0.2) is 0 Å². The summed E-state index contributed by atoms with van der Waals surface area (Å²) in [5.74, 6) is 0.300. The fraction of sp³-hybridized carbons (Fsp3) is 0.583. The summed E-state index contributed by atoms with van der Waals surface area (Å²) in [7, 11) is 0. The van der Waals surface area contributed by atoms with Gasteiger partial charge in [0.25, 0.3) is 0 Å². The maximum atomic E-state index is 12.5. The van der Waals surface area contributed by atoms with Crippen LogP contribution < -0.4 is 4.74 Å². The minimum absolute atomic E-state index is 0.0916. The summed E-state index contributed by atoms with van der Waals surface area (Å²) in [4.78, 5) is 3.65. The lowest BCUT2D eigenvalue weighted by Gasteiger charge is -2.17. The highest BCUT2D eigenvalue weighted by Gasteiger charge is 2.33. The quantitative estimate of drug-likeness (QED) is 0.805. The molecule has 5 heteroatoms. The summed E-state index contributed by atoms with van der Waals surface area (Å²) in [5, 5.41) is 0. The lowest BCUT2D eigenvalue weighted by atomic mass is 10.1. The molecule has 0 aliphatic heterocycles. The van der Waals surface area contributed by atoms with Crippen LogP contribution in [0.2, 0.25) is 0 Å². The first-order valence-corrected chi connectivity index (χ1v) is 5.46. The summed E-state index contributed by atoms with van der Waals surface area (Å²) in [6.45, 7) is 7.22. The Hall–Kier alpha value is -1.26. The second kappa shape index (κ2) is 4.94. The Kier molecular flexibility index (Phi) is 4.01. The summed E-state index contributed by atoms with van der Waals surface area (Å²) < 4.78 is 43.0. The van der Waals surface area contributed by atoms with E-state index in [1.165, 1.54) is 6.07 Å². The molecule has 0 radical (unpaired) electrons. The van der Waals surface area contributed by atoms with Gasteiger partial charge in [-0.2, -0.15) is 13.2 Å². The highest BCUT2D eigenvalue weighted by molar-refractivity contribution is 5.32. The Labute approximate surface area is 98.8 Å². The Morgan fingerprint density at radius 2 is 1.71 bits per heavy atom. The van der Waals surface area contributed by atoms with Crippen LogP contribution in [0.25, 0.3) is 0 Å². The van der Waals surface area contributed by atoms with Crippen molar-refractivity contribution < 1.29 is 17.9 Å². The van der Waals surface area contributed by atoms with Crippen LogP contribution >= 0.6 is 0 Å². The molecule has 0 bridgehead atoms. The van der Waals surface area contributed by atoms with E-state index in [1.54, 1.807) is 13.8 Å². The van der Waals surface area contributed by atoms with Crippen molar-refractivity contribution in [2.45, 2.75) is 45.9 Å². The third kappa shape index (κ3) is 3.61. The van der Waals surface area contributed by atoms with E-state index in [2.05, 4.69) is 4.98 Å². The van der Waals surface area contributed by atoms with Crippen molar-refractivity contribution in [2.75, 3.05) is 0 Å². The number of ether oxygens (including phenoxy) is 1. The van der Waals surface area contributed by atoms with Gasteiger partial charge in [-0.3, -0.25) is 0 Å². The minimum atomic E-state index is -4.42. The summed E-state index contributed by atoms with van der Waals surface area (Å²) >= 11 is 0. The smallest absolute Gasteiger partial charge is 0.433 e. The molecule has 0 aromatic carbocycles. The predicted octanol–water partition coefficient (Wildman–Crippen LogP) is 4.01. The Bertz CT molecular complexity index is 386. The molecule has 17 heavy (non-hydrogen) atoms. The van der Waals surface area contributed by atoms with E-state index < -0.39 is 11.9 Å². The maximum absolute atomic E-state index is 12.5. The predicted molar refractivity (Wildman–Crippen MR) is 59.1 cm³/mol. The molecule has 0 atom stereocenters. The largest absolute Gasteiger partial charge is 0.489 e. The first-order chi connectivity index (χ1) is 7.71. The van der Waals surface area contributed by atoms with Gasteiger partial charge in [-0.1, -0.05) is 13.8 Å². The number of hydrogen-bond donors (Lipinski definition) is 0. The molecule has 1 heterocycles. The SMILES string of the molecule is CC(C)Oc1ccc(C(F)(F)F)nc1C(C)C. The Morgan fingerprint density at radius 3 is 2.12 bits per heavy atom. The van der Waals surface area contributed by atoms with Gasteiger partial charge in [-0.05, 0) is 31.9 Å². The zero-order chi connectivity index (χ0) is 13.2. The molecular formula is C12H16F3NO. The van der Waals surface area contributed by atoms with Crippen molar-refractivity contribution in [3.05, 3.63) is 23.5 Å². The van der Waals surface area contributed by atoms with Crippen LogP contribution in [-0.4, -0.2) is 11.1 Å². The molecule has 1 aromatic heterocycles. The Balaban J connectivity index is 3.18. The second-order valence-corrected chi connectivity index (χ2v) is 4.40. The summed E-state index contributed by atoms with van der Waals surface area (Å²) in [6.07, 6.45) is -4.51.